The lowest BCUT2D eigenvalue weighted by Gasteiger charge is -2.10. The van der Waals surface area contributed by atoms with E-state index >= 15 is 0 Å². The Morgan fingerprint density at radius 1 is 1.34 bits per heavy atom. The molecule has 0 unspecified atom stereocenters. The van der Waals surface area contributed by atoms with Gasteiger partial charge in [-0.3, -0.25) is 9.69 Å². The van der Waals surface area contributed by atoms with Gasteiger partial charge in [-0.1, -0.05) is 15.9 Å². The second kappa shape index (κ2) is 8.39. The first-order valence-corrected chi connectivity index (χ1v) is 9.30. The van der Waals surface area contributed by atoms with Crippen molar-refractivity contribution in [2.45, 2.75) is 13.5 Å². The molecule has 3 amide bonds. The van der Waals surface area contributed by atoms with Gasteiger partial charge in [0, 0.05) is 4.47 Å². The number of hydrogen-bond donors (Lipinski definition) is 2. The Balaban J connectivity index is 1.82. The molecule has 29 heavy (non-hydrogen) atoms. The number of ether oxygens (including phenoxy) is 2. The topological polar surface area (TPSA) is 118 Å². The van der Waals surface area contributed by atoms with Crippen LogP contribution in [-0.4, -0.2) is 41.6 Å². The Morgan fingerprint density at radius 2 is 2.10 bits per heavy atom. The van der Waals surface area contributed by atoms with Gasteiger partial charge < -0.3 is 24.3 Å². The van der Waals surface area contributed by atoms with E-state index in [2.05, 4.69) is 26.0 Å². The van der Waals surface area contributed by atoms with E-state index in [-0.39, 0.29) is 35.3 Å². The number of imide groups is 1. The molecule has 1 aliphatic rings. The van der Waals surface area contributed by atoms with Gasteiger partial charge in [0.25, 0.3) is 5.91 Å². The third kappa shape index (κ3) is 4.27. The highest BCUT2D eigenvalue weighted by Gasteiger charge is 2.34. The van der Waals surface area contributed by atoms with E-state index in [1.807, 2.05) is 0 Å². The maximum absolute atomic E-state index is 12.7. The molecule has 0 radical (unpaired) electrons. The van der Waals surface area contributed by atoms with Crippen LogP contribution in [-0.2, 0) is 16.1 Å². The summed E-state index contributed by atoms with van der Waals surface area (Å²) >= 11 is 3.31. The number of nitrogens with one attached hydrogen (secondary N) is 1. The first kappa shape index (κ1) is 20.5. The summed E-state index contributed by atoms with van der Waals surface area (Å²) in [5, 5.41) is 12.4. The summed E-state index contributed by atoms with van der Waals surface area (Å²) in [6.07, 6.45) is 1.47. The molecular formula is C19H17BrN2O7. The normalized spacial score (nSPS) is 15.0. The molecule has 152 valence electrons. The highest BCUT2D eigenvalue weighted by atomic mass is 79.9. The Bertz CT molecular complexity index is 1010. The second-order valence-corrected chi connectivity index (χ2v) is 6.77. The molecule has 1 aromatic heterocycles. The number of carbonyl (C=O) groups excluding carboxylic acids is 3. The van der Waals surface area contributed by atoms with E-state index in [1.54, 1.807) is 13.0 Å². The van der Waals surface area contributed by atoms with Crippen molar-refractivity contribution in [3.05, 3.63) is 51.5 Å². The number of aromatic hydroxyl groups is 1. The van der Waals surface area contributed by atoms with Gasteiger partial charge in [-0.05, 0) is 42.8 Å². The van der Waals surface area contributed by atoms with Crippen LogP contribution in [0.2, 0.25) is 0 Å². The smallest absolute Gasteiger partial charge is 0.373 e. The molecule has 0 saturated carbocycles. The molecule has 2 heterocycles. The van der Waals surface area contributed by atoms with Gasteiger partial charge in [-0.25, -0.2) is 9.59 Å². The van der Waals surface area contributed by atoms with Gasteiger partial charge in [-0.15, -0.1) is 0 Å². The fourth-order valence-corrected chi connectivity index (χ4v) is 3.09. The molecule has 1 aromatic carbocycles. The summed E-state index contributed by atoms with van der Waals surface area (Å²) in [7, 11) is 1.22. The van der Waals surface area contributed by atoms with Crippen LogP contribution in [0.5, 0.6) is 11.5 Å². The number of benzene rings is 1. The van der Waals surface area contributed by atoms with Crippen molar-refractivity contribution in [1.82, 2.24) is 10.2 Å². The van der Waals surface area contributed by atoms with Crippen LogP contribution >= 0.6 is 15.9 Å². The number of halogens is 1. The molecule has 2 N–H and O–H groups in total. The van der Waals surface area contributed by atoms with Crippen molar-refractivity contribution in [1.29, 1.82) is 0 Å². The Labute approximate surface area is 174 Å². The van der Waals surface area contributed by atoms with Gasteiger partial charge >= 0.3 is 12.0 Å². The van der Waals surface area contributed by atoms with Crippen LogP contribution < -0.4 is 10.1 Å². The highest BCUT2D eigenvalue weighted by Crippen LogP contribution is 2.34. The van der Waals surface area contributed by atoms with Crippen LogP contribution in [0.1, 0.15) is 28.8 Å². The summed E-state index contributed by atoms with van der Waals surface area (Å²) in [5.74, 6) is -0.799. The van der Waals surface area contributed by atoms with Crippen LogP contribution in [0.25, 0.3) is 6.08 Å². The summed E-state index contributed by atoms with van der Waals surface area (Å²) in [5.41, 5.74) is 0.575. The molecule has 0 spiro atoms. The first-order chi connectivity index (χ1) is 13.8. The first-order valence-electron chi connectivity index (χ1n) is 8.51. The second-order valence-electron chi connectivity index (χ2n) is 5.91. The zero-order valence-electron chi connectivity index (χ0n) is 15.5. The largest absolute Gasteiger partial charge is 0.504 e. The number of esters is 1. The lowest BCUT2D eigenvalue weighted by atomic mass is 10.1. The van der Waals surface area contributed by atoms with E-state index in [0.29, 0.717) is 16.6 Å². The van der Waals surface area contributed by atoms with Crippen molar-refractivity contribution >= 4 is 39.9 Å². The van der Waals surface area contributed by atoms with Crippen LogP contribution in [0.15, 0.2) is 38.9 Å². The lowest BCUT2D eigenvalue weighted by Crippen LogP contribution is -2.30. The van der Waals surface area contributed by atoms with E-state index in [1.165, 1.54) is 31.4 Å². The third-order valence-corrected chi connectivity index (χ3v) is 4.69. The number of phenols is 1. The summed E-state index contributed by atoms with van der Waals surface area (Å²) < 4.78 is 15.7. The highest BCUT2D eigenvalue weighted by molar-refractivity contribution is 9.10. The monoisotopic (exact) mass is 464 g/mol. The Kier molecular flexibility index (Phi) is 5.92. The number of nitrogens with zero attached hydrogens (tertiary/aromatic N) is 1. The minimum Gasteiger partial charge on any atom is -0.504 e. The predicted octanol–water partition coefficient (Wildman–Crippen LogP) is 3.03. The number of methoxy groups -OCH3 is 1. The van der Waals surface area contributed by atoms with Gasteiger partial charge in [0.2, 0.25) is 5.76 Å². The number of furan rings is 1. The Morgan fingerprint density at radius 3 is 2.79 bits per heavy atom. The number of amides is 3. The molecule has 9 nitrogen and oxygen atoms in total. The zero-order chi connectivity index (χ0) is 21.1. The molecule has 0 bridgehead atoms. The van der Waals surface area contributed by atoms with Crippen LogP contribution in [0.3, 0.4) is 0 Å². The van der Waals surface area contributed by atoms with Gasteiger partial charge in [0.15, 0.2) is 11.5 Å². The molecular weight excluding hydrogens is 448 g/mol. The fraction of sp³-hybridized carbons (Fsp3) is 0.211. The van der Waals surface area contributed by atoms with Crippen molar-refractivity contribution in [3.8, 4) is 11.5 Å². The van der Waals surface area contributed by atoms with Gasteiger partial charge in [-0.2, -0.15) is 0 Å². The van der Waals surface area contributed by atoms with Crippen molar-refractivity contribution in [3.63, 3.8) is 0 Å². The third-order valence-electron chi connectivity index (χ3n) is 4.00. The van der Waals surface area contributed by atoms with Crippen LogP contribution in [0, 0.1) is 0 Å². The standard InChI is InChI=1S/C19H17BrN2O7/c1-3-28-16-7-10(12(20)8-14(16)23)6-13-17(24)22(19(26)21-13)9-11-4-5-15(29-11)18(25)27-2/h4-8,23H,3,9H2,1-2H3,(H,21,26)/b13-6-. The van der Waals surface area contributed by atoms with E-state index < -0.39 is 17.9 Å². The summed E-state index contributed by atoms with van der Waals surface area (Å²) in [6, 6.07) is 5.25. The predicted molar refractivity (Wildman–Crippen MR) is 104 cm³/mol. The number of carbonyl (C=O) groups is 3. The molecule has 2 aromatic rings. The number of phenolic OH excluding ortho intramolecular Hbond substituents is 1. The van der Waals surface area contributed by atoms with Crippen molar-refractivity contribution in [2.75, 3.05) is 13.7 Å². The number of hydrogen-bond acceptors (Lipinski definition) is 7. The maximum Gasteiger partial charge on any atom is 0.373 e. The minimum absolute atomic E-state index is 0.0261. The van der Waals surface area contributed by atoms with E-state index in [9.17, 15) is 19.5 Å². The van der Waals surface area contributed by atoms with Gasteiger partial charge in [0.1, 0.15) is 11.5 Å². The quantitative estimate of drug-likeness (QED) is 0.383. The minimum atomic E-state index is -0.656. The number of urea groups is 1. The maximum atomic E-state index is 12.7. The molecule has 1 saturated heterocycles. The summed E-state index contributed by atoms with van der Waals surface area (Å²) in [4.78, 5) is 37.3. The van der Waals surface area contributed by atoms with E-state index in [4.69, 9.17) is 9.15 Å². The molecule has 3 rings (SSSR count). The SMILES string of the molecule is CCOc1cc(/C=C2\NC(=O)N(Cc3ccc(C(=O)OC)o3)C2=O)c(Br)cc1O. The van der Waals surface area contributed by atoms with Crippen molar-refractivity contribution in [2.24, 2.45) is 0 Å². The summed E-state index contributed by atoms with van der Waals surface area (Å²) in [6.45, 7) is 1.98. The van der Waals surface area contributed by atoms with Crippen LogP contribution in [0.4, 0.5) is 4.79 Å². The lowest BCUT2D eigenvalue weighted by molar-refractivity contribution is -0.123. The average molecular weight is 465 g/mol. The Hall–Kier alpha value is -3.27. The van der Waals surface area contributed by atoms with Gasteiger partial charge in [0.05, 0.1) is 20.3 Å². The number of rotatable bonds is 6. The molecule has 1 aliphatic heterocycles. The molecule has 0 atom stereocenters. The molecule has 0 aliphatic carbocycles. The van der Waals surface area contributed by atoms with Crippen molar-refractivity contribution < 1.29 is 33.4 Å². The zero-order valence-corrected chi connectivity index (χ0v) is 17.1. The molecule has 1 fully saturated rings. The van der Waals surface area contributed by atoms with E-state index in [0.717, 1.165) is 4.90 Å². The fourth-order valence-electron chi connectivity index (χ4n) is 2.64. The molecule has 10 heteroatoms. The average Bonchev–Trinajstić information content (AvgIpc) is 3.25.